The van der Waals surface area contributed by atoms with E-state index in [1.165, 1.54) is 0 Å². The van der Waals surface area contributed by atoms with Gasteiger partial charge in [-0.15, -0.1) is 0 Å². The van der Waals surface area contributed by atoms with Crippen molar-refractivity contribution < 1.29 is 22.3 Å². The van der Waals surface area contributed by atoms with Crippen LogP contribution in [-0.2, 0) is 6.42 Å². The zero-order valence-corrected chi connectivity index (χ0v) is 11.2. The monoisotopic (exact) mass is 299 g/mol. The first-order valence-electron chi connectivity index (χ1n) is 6.23. The number of rotatable bonds is 4. The molecule has 0 saturated carbocycles. The molecule has 0 bridgehead atoms. The number of hydrogen-bond donors (Lipinski definition) is 1. The van der Waals surface area contributed by atoms with Gasteiger partial charge in [0.15, 0.2) is 29.0 Å². The summed E-state index contributed by atoms with van der Waals surface area (Å²) >= 11 is 0. The van der Waals surface area contributed by atoms with Crippen LogP contribution in [0.15, 0.2) is 30.3 Å². The van der Waals surface area contributed by atoms with E-state index in [0.29, 0.717) is 18.1 Å². The van der Waals surface area contributed by atoms with Crippen molar-refractivity contribution in [3.05, 3.63) is 59.2 Å². The summed E-state index contributed by atoms with van der Waals surface area (Å²) in [5.41, 5.74) is 5.93. The van der Waals surface area contributed by atoms with Crippen LogP contribution in [0.1, 0.15) is 12.5 Å². The Labute approximate surface area is 119 Å². The van der Waals surface area contributed by atoms with Crippen molar-refractivity contribution in [1.29, 1.82) is 0 Å². The van der Waals surface area contributed by atoms with Crippen molar-refractivity contribution in [1.82, 2.24) is 0 Å². The van der Waals surface area contributed by atoms with Gasteiger partial charge < -0.3 is 10.5 Å². The Morgan fingerprint density at radius 1 is 1.00 bits per heavy atom. The standard InChI is InChI=1S/C15H13F4NO/c1-8(20)4-9-5-12(18)15(13(19)6-9)21-14-3-2-10(16)7-11(14)17/h2-3,5-8H,4,20H2,1H3. The molecule has 0 saturated heterocycles. The summed E-state index contributed by atoms with van der Waals surface area (Å²) < 4.78 is 58.8. The largest absolute Gasteiger partial charge is 0.448 e. The zero-order valence-electron chi connectivity index (χ0n) is 11.2. The van der Waals surface area contributed by atoms with Crippen molar-refractivity contribution in [3.8, 4) is 11.5 Å². The van der Waals surface area contributed by atoms with Crippen molar-refractivity contribution in [2.24, 2.45) is 5.73 Å². The van der Waals surface area contributed by atoms with Gasteiger partial charge in [-0.2, -0.15) is 0 Å². The number of ether oxygens (including phenoxy) is 1. The second-order valence-electron chi connectivity index (χ2n) is 4.75. The maximum atomic E-state index is 13.9. The lowest BCUT2D eigenvalue weighted by Gasteiger charge is -2.11. The van der Waals surface area contributed by atoms with Gasteiger partial charge in [-0.05, 0) is 43.2 Å². The quantitative estimate of drug-likeness (QED) is 0.868. The molecule has 0 aliphatic rings. The highest BCUT2D eigenvalue weighted by Crippen LogP contribution is 2.30. The lowest BCUT2D eigenvalue weighted by Crippen LogP contribution is -2.18. The molecule has 0 aliphatic heterocycles. The first kappa shape index (κ1) is 15.3. The molecule has 0 aliphatic carbocycles. The molecule has 0 amide bonds. The minimum absolute atomic E-state index is 0.259. The van der Waals surface area contributed by atoms with Crippen LogP contribution in [-0.4, -0.2) is 6.04 Å². The fourth-order valence-corrected chi connectivity index (χ4v) is 1.87. The molecule has 112 valence electrons. The van der Waals surface area contributed by atoms with Gasteiger partial charge in [-0.3, -0.25) is 0 Å². The van der Waals surface area contributed by atoms with Crippen LogP contribution >= 0.6 is 0 Å². The minimum atomic E-state index is -1.05. The fourth-order valence-electron chi connectivity index (χ4n) is 1.87. The average Bonchev–Trinajstić information content (AvgIpc) is 2.35. The van der Waals surface area contributed by atoms with E-state index >= 15 is 0 Å². The molecular weight excluding hydrogens is 286 g/mol. The molecular formula is C15H13F4NO. The Kier molecular flexibility index (Phi) is 4.47. The minimum Gasteiger partial charge on any atom is -0.448 e. The highest BCUT2D eigenvalue weighted by molar-refractivity contribution is 5.36. The zero-order chi connectivity index (χ0) is 15.6. The van der Waals surface area contributed by atoms with Crippen LogP contribution in [0.3, 0.4) is 0 Å². The second-order valence-corrected chi connectivity index (χ2v) is 4.75. The van der Waals surface area contributed by atoms with E-state index < -0.39 is 34.8 Å². The van der Waals surface area contributed by atoms with Crippen molar-refractivity contribution in [2.75, 3.05) is 0 Å². The molecule has 2 nitrogen and oxygen atoms in total. The number of hydrogen-bond acceptors (Lipinski definition) is 2. The SMILES string of the molecule is CC(N)Cc1cc(F)c(Oc2ccc(F)cc2F)c(F)c1. The normalized spacial score (nSPS) is 12.3. The molecule has 2 rings (SSSR count). The van der Waals surface area contributed by atoms with Gasteiger partial charge >= 0.3 is 0 Å². The average molecular weight is 299 g/mol. The Morgan fingerprint density at radius 2 is 1.62 bits per heavy atom. The first-order valence-corrected chi connectivity index (χ1v) is 6.23. The fraction of sp³-hybridized carbons (Fsp3) is 0.200. The molecule has 0 radical (unpaired) electrons. The lowest BCUT2D eigenvalue weighted by atomic mass is 10.1. The molecule has 2 aromatic rings. The molecule has 0 spiro atoms. The Morgan fingerprint density at radius 3 is 2.14 bits per heavy atom. The van der Waals surface area contributed by atoms with Gasteiger partial charge in [0, 0.05) is 12.1 Å². The number of halogens is 4. The molecule has 21 heavy (non-hydrogen) atoms. The van der Waals surface area contributed by atoms with Crippen molar-refractivity contribution in [2.45, 2.75) is 19.4 Å². The third-order valence-electron chi connectivity index (χ3n) is 2.72. The van der Waals surface area contributed by atoms with Gasteiger partial charge in [0.2, 0.25) is 0 Å². The van der Waals surface area contributed by atoms with E-state index in [-0.39, 0.29) is 6.04 Å². The number of nitrogens with two attached hydrogens (primary N) is 1. The molecule has 2 aromatic carbocycles. The summed E-state index contributed by atoms with van der Waals surface area (Å²) in [5.74, 6) is -5.02. The summed E-state index contributed by atoms with van der Waals surface area (Å²) in [5, 5.41) is 0. The first-order chi connectivity index (χ1) is 9.86. The molecule has 1 unspecified atom stereocenters. The van der Waals surface area contributed by atoms with E-state index in [4.69, 9.17) is 10.5 Å². The summed E-state index contributed by atoms with van der Waals surface area (Å²) in [7, 11) is 0. The summed E-state index contributed by atoms with van der Waals surface area (Å²) in [6.45, 7) is 1.70. The van der Waals surface area contributed by atoms with Crippen LogP contribution in [0.25, 0.3) is 0 Å². The second kappa shape index (κ2) is 6.13. The van der Waals surface area contributed by atoms with Crippen LogP contribution < -0.4 is 10.5 Å². The Balaban J connectivity index is 2.32. The van der Waals surface area contributed by atoms with Gasteiger partial charge in [-0.25, -0.2) is 17.6 Å². The molecule has 2 N–H and O–H groups in total. The Hall–Kier alpha value is -2.08. The highest BCUT2D eigenvalue weighted by atomic mass is 19.1. The molecule has 6 heteroatoms. The predicted octanol–water partition coefficient (Wildman–Crippen LogP) is 3.93. The molecule has 0 heterocycles. The van der Waals surface area contributed by atoms with Crippen LogP contribution in [0.2, 0.25) is 0 Å². The third-order valence-corrected chi connectivity index (χ3v) is 2.72. The van der Waals surface area contributed by atoms with E-state index in [1.54, 1.807) is 6.92 Å². The molecule has 0 fully saturated rings. The van der Waals surface area contributed by atoms with Gasteiger partial charge in [0.25, 0.3) is 0 Å². The van der Waals surface area contributed by atoms with E-state index in [1.807, 2.05) is 0 Å². The summed E-state index contributed by atoms with van der Waals surface area (Å²) in [6.07, 6.45) is 0.291. The number of benzene rings is 2. The van der Waals surface area contributed by atoms with Crippen LogP contribution in [0.5, 0.6) is 11.5 Å². The highest BCUT2D eigenvalue weighted by Gasteiger charge is 2.16. The van der Waals surface area contributed by atoms with Gasteiger partial charge in [-0.1, -0.05) is 0 Å². The smallest absolute Gasteiger partial charge is 0.198 e. The van der Waals surface area contributed by atoms with E-state index in [0.717, 1.165) is 24.3 Å². The van der Waals surface area contributed by atoms with Crippen LogP contribution in [0.4, 0.5) is 17.6 Å². The molecule has 1 atom stereocenters. The summed E-state index contributed by atoms with van der Waals surface area (Å²) in [4.78, 5) is 0. The maximum absolute atomic E-state index is 13.9. The van der Waals surface area contributed by atoms with E-state index in [9.17, 15) is 17.6 Å². The van der Waals surface area contributed by atoms with Crippen molar-refractivity contribution in [3.63, 3.8) is 0 Å². The molecule has 0 aromatic heterocycles. The lowest BCUT2D eigenvalue weighted by molar-refractivity contribution is 0.384. The maximum Gasteiger partial charge on any atom is 0.198 e. The topological polar surface area (TPSA) is 35.2 Å². The van der Waals surface area contributed by atoms with Gasteiger partial charge in [0.05, 0.1) is 0 Å². The Bertz CT molecular complexity index is 635. The van der Waals surface area contributed by atoms with E-state index in [2.05, 4.69) is 0 Å². The van der Waals surface area contributed by atoms with Gasteiger partial charge in [0.1, 0.15) is 5.82 Å². The third kappa shape index (κ3) is 3.72. The predicted molar refractivity (Wildman–Crippen MR) is 70.1 cm³/mol. The summed E-state index contributed by atoms with van der Waals surface area (Å²) in [6, 6.07) is 4.34. The van der Waals surface area contributed by atoms with Crippen LogP contribution in [0, 0.1) is 23.3 Å². The van der Waals surface area contributed by atoms with Crippen molar-refractivity contribution >= 4 is 0 Å².